The molecular formula is C22H28N2O3. The van der Waals surface area contributed by atoms with Crippen molar-refractivity contribution < 1.29 is 14.3 Å². The minimum absolute atomic E-state index is 0.0670. The summed E-state index contributed by atoms with van der Waals surface area (Å²) in [5, 5.41) is 6.47. The van der Waals surface area contributed by atoms with Crippen molar-refractivity contribution in [2.75, 3.05) is 24.4 Å². The Morgan fingerprint density at radius 3 is 2.22 bits per heavy atom. The van der Waals surface area contributed by atoms with E-state index in [1.165, 1.54) is 38.5 Å². The predicted molar refractivity (Wildman–Crippen MR) is 109 cm³/mol. The van der Waals surface area contributed by atoms with Gasteiger partial charge in [0.25, 0.3) is 5.91 Å². The van der Waals surface area contributed by atoms with Gasteiger partial charge in [-0.05, 0) is 49.2 Å². The summed E-state index contributed by atoms with van der Waals surface area (Å²) in [6.07, 6.45) is 7.77. The first-order chi connectivity index (χ1) is 13.2. The molecule has 0 atom stereocenters. The number of ether oxygens (including phenoxy) is 2. The molecule has 3 rings (SSSR count). The van der Waals surface area contributed by atoms with Crippen molar-refractivity contribution in [1.29, 1.82) is 0 Å². The Bertz CT molecular complexity index is 723. The zero-order chi connectivity index (χ0) is 18.9. The van der Waals surface area contributed by atoms with E-state index in [0.717, 1.165) is 11.4 Å². The third-order valence-electron chi connectivity index (χ3n) is 4.82. The van der Waals surface area contributed by atoms with Crippen LogP contribution in [0.1, 0.15) is 38.5 Å². The minimum Gasteiger partial charge on any atom is -0.493 e. The van der Waals surface area contributed by atoms with Crippen LogP contribution in [-0.4, -0.2) is 25.7 Å². The molecule has 5 nitrogen and oxygen atoms in total. The summed E-state index contributed by atoms with van der Waals surface area (Å²) in [6, 6.07) is 15.7. The molecule has 0 heterocycles. The van der Waals surface area contributed by atoms with Crippen LogP contribution in [0.25, 0.3) is 0 Å². The summed E-state index contributed by atoms with van der Waals surface area (Å²) in [5.41, 5.74) is 1.86. The molecule has 2 aromatic rings. The predicted octanol–water partition coefficient (Wildman–Crippen LogP) is 4.85. The molecule has 1 saturated carbocycles. The standard InChI is InChI=1S/C22H28N2O3/c1-26-20-10-6-7-11-21(20)27-16-22(25)24-19-14-12-18(13-15-19)23-17-8-4-2-3-5-9-17/h6-7,10-15,17,23H,2-5,8-9,16H2,1H3,(H,24,25). The van der Waals surface area contributed by atoms with Crippen LogP contribution in [0.5, 0.6) is 11.5 Å². The van der Waals surface area contributed by atoms with Crippen LogP contribution < -0.4 is 20.1 Å². The Kier molecular flexibility index (Phi) is 6.97. The van der Waals surface area contributed by atoms with Crippen LogP contribution in [0.2, 0.25) is 0 Å². The molecule has 0 radical (unpaired) electrons. The summed E-state index contributed by atoms with van der Waals surface area (Å²) in [7, 11) is 1.58. The number of hydrogen-bond donors (Lipinski definition) is 2. The second-order valence-corrected chi connectivity index (χ2v) is 6.90. The molecule has 144 valence electrons. The van der Waals surface area contributed by atoms with Crippen molar-refractivity contribution >= 4 is 17.3 Å². The first-order valence-corrected chi connectivity index (χ1v) is 9.67. The first kappa shape index (κ1) is 19.1. The molecule has 0 aliphatic heterocycles. The van der Waals surface area contributed by atoms with Crippen LogP contribution >= 0.6 is 0 Å². The summed E-state index contributed by atoms with van der Waals surface area (Å²) in [4.78, 5) is 12.1. The molecule has 1 aliphatic rings. The highest BCUT2D eigenvalue weighted by Crippen LogP contribution is 2.26. The maximum Gasteiger partial charge on any atom is 0.262 e. The fraction of sp³-hybridized carbons (Fsp3) is 0.409. The van der Waals surface area contributed by atoms with E-state index in [-0.39, 0.29) is 12.5 Å². The van der Waals surface area contributed by atoms with Gasteiger partial charge < -0.3 is 20.1 Å². The topological polar surface area (TPSA) is 59.6 Å². The number of carbonyl (C=O) groups is 1. The summed E-state index contributed by atoms with van der Waals surface area (Å²) >= 11 is 0. The maximum absolute atomic E-state index is 12.1. The number of benzene rings is 2. The van der Waals surface area contributed by atoms with Gasteiger partial charge in [-0.1, -0.05) is 37.8 Å². The molecule has 2 aromatic carbocycles. The van der Waals surface area contributed by atoms with E-state index >= 15 is 0 Å². The second-order valence-electron chi connectivity index (χ2n) is 6.90. The van der Waals surface area contributed by atoms with Gasteiger partial charge in [0.1, 0.15) is 0 Å². The lowest BCUT2D eigenvalue weighted by atomic mass is 10.1. The van der Waals surface area contributed by atoms with Gasteiger partial charge in [-0.25, -0.2) is 0 Å². The van der Waals surface area contributed by atoms with Crippen LogP contribution in [0.15, 0.2) is 48.5 Å². The molecule has 1 fully saturated rings. The van der Waals surface area contributed by atoms with Crippen LogP contribution in [0.4, 0.5) is 11.4 Å². The van der Waals surface area contributed by atoms with Crippen molar-refractivity contribution in [1.82, 2.24) is 0 Å². The highest BCUT2D eigenvalue weighted by Gasteiger charge is 2.12. The van der Waals surface area contributed by atoms with E-state index in [2.05, 4.69) is 10.6 Å². The third kappa shape index (κ3) is 5.91. The number of nitrogens with one attached hydrogen (secondary N) is 2. The molecule has 0 bridgehead atoms. The Balaban J connectivity index is 1.48. The van der Waals surface area contributed by atoms with Gasteiger partial charge in [-0.15, -0.1) is 0 Å². The lowest BCUT2D eigenvalue weighted by Gasteiger charge is -2.18. The third-order valence-corrected chi connectivity index (χ3v) is 4.82. The lowest BCUT2D eigenvalue weighted by molar-refractivity contribution is -0.118. The molecule has 0 unspecified atom stereocenters. The quantitative estimate of drug-likeness (QED) is 0.686. The summed E-state index contributed by atoms with van der Waals surface area (Å²) in [5.74, 6) is 0.961. The number of para-hydroxylation sites is 2. The number of carbonyl (C=O) groups excluding carboxylic acids is 1. The van der Waals surface area contributed by atoms with Gasteiger partial charge in [0, 0.05) is 17.4 Å². The molecular weight excluding hydrogens is 340 g/mol. The largest absolute Gasteiger partial charge is 0.493 e. The minimum atomic E-state index is -0.203. The molecule has 27 heavy (non-hydrogen) atoms. The SMILES string of the molecule is COc1ccccc1OCC(=O)Nc1ccc(NC2CCCCCC2)cc1. The van der Waals surface area contributed by atoms with Crippen molar-refractivity contribution in [2.45, 2.75) is 44.6 Å². The van der Waals surface area contributed by atoms with E-state index in [9.17, 15) is 4.79 Å². The van der Waals surface area contributed by atoms with E-state index in [1.54, 1.807) is 19.2 Å². The number of rotatable bonds is 7. The zero-order valence-electron chi connectivity index (χ0n) is 15.9. The van der Waals surface area contributed by atoms with Gasteiger partial charge in [0.15, 0.2) is 18.1 Å². The lowest BCUT2D eigenvalue weighted by Crippen LogP contribution is -2.20. The van der Waals surface area contributed by atoms with Crippen LogP contribution in [0.3, 0.4) is 0 Å². The summed E-state index contributed by atoms with van der Waals surface area (Å²) in [6.45, 7) is -0.0670. The Hall–Kier alpha value is -2.69. The van der Waals surface area contributed by atoms with Crippen molar-refractivity contribution in [3.8, 4) is 11.5 Å². The fourth-order valence-electron chi connectivity index (χ4n) is 3.39. The number of anilines is 2. The van der Waals surface area contributed by atoms with Crippen molar-refractivity contribution in [2.24, 2.45) is 0 Å². The molecule has 0 aromatic heterocycles. The Labute approximate surface area is 161 Å². The van der Waals surface area contributed by atoms with Gasteiger partial charge in [-0.2, -0.15) is 0 Å². The van der Waals surface area contributed by atoms with Gasteiger partial charge in [0.2, 0.25) is 0 Å². The highest BCUT2D eigenvalue weighted by molar-refractivity contribution is 5.92. The average molecular weight is 368 g/mol. The highest BCUT2D eigenvalue weighted by atomic mass is 16.5. The smallest absolute Gasteiger partial charge is 0.262 e. The Morgan fingerprint density at radius 2 is 1.56 bits per heavy atom. The average Bonchev–Trinajstić information content (AvgIpc) is 2.97. The van der Waals surface area contributed by atoms with Gasteiger partial charge in [0.05, 0.1) is 7.11 Å². The Morgan fingerprint density at radius 1 is 0.926 bits per heavy atom. The number of methoxy groups -OCH3 is 1. The molecule has 1 aliphatic carbocycles. The van der Waals surface area contributed by atoms with E-state index in [1.807, 2.05) is 36.4 Å². The van der Waals surface area contributed by atoms with E-state index in [0.29, 0.717) is 17.5 Å². The number of amides is 1. The van der Waals surface area contributed by atoms with E-state index in [4.69, 9.17) is 9.47 Å². The molecule has 0 spiro atoms. The molecule has 0 saturated heterocycles. The first-order valence-electron chi connectivity index (χ1n) is 9.67. The normalized spacial score (nSPS) is 14.9. The van der Waals surface area contributed by atoms with Gasteiger partial charge in [-0.3, -0.25) is 4.79 Å². The second kappa shape index (κ2) is 9.86. The molecule has 5 heteroatoms. The fourth-order valence-corrected chi connectivity index (χ4v) is 3.39. The maximum atomic E-state index is 12.1. The van der Waals surface area contributed by atoms with Crippen molar-refractivity contribution in [3.63, 3.8) is 0 Å². The summed E-state index contributed by atoms with van der Waals surface area (Å²) < 4.78 is 10.8. The van der Waals surface area contributed by atoms with E-state index < -0.39 is 0 Å². The molecule has 1 amide bonds. The number of hydrogen-bond acceptors (Lipinski definition) is 4. The monoisotopic (exact) mass is 368 g/mol. The van der Waals surface area contributed by atoms with Crippen LogP contribution in [0, 0.1) is 0 Å². The zero-order valence-corrected chi connectivity index (χ0v) is 15.9. The molecule has 2 N–H and O–H groups in total. The van der Waals surface area contributed by atoms with Gasteiger partial charge >= 0.3 is 0 Å². The van der Waals surface area contributed by atoms with Crippen molar-refractivity contribution in [3.05, 3.63) is 48.5 Å². The van der Waals surface area contributed by atoms with Crippen LogP contribution in [-0.2, 0) is 4.79 Å².